The molecule has 4 rings (SSSR count). The lowest BCUT2D eigenvalue weighted by atomic mass is 10.1. The van der Waals surface area contributed by atoms with Gasteiger partial charge in [0.1, 0.15) is 5.76 Å². The van der Waals surface area contributed by atoms with Crippen molar-refractivity contribution >= 4 is 18.3 Å². The lowest BCUT2D eigenvalue weighted by Crippen LogP contribution is -2.35. The molecule has 2 aliphatic heterocycles. The Kier molecular flexibility index (Phi) is 3.34. The quantitative estimate of drug-likeness (QED) is 0.794. The molecule has 0 saturated heterocycles. The van der Waals surface area contributed by atoms with Crippen LogP contribution in [0.25, 0.3) is 0 Å². The molecular weight excluding hydrogens is 300 g/mol. The fraction of sp³-hybridized carbons (Fsp3) is 0.417. The summed E-state index contributed by atoms with van der Waals surface area (Å²) in [5, 5.41) is 16.1. The van der Waals surface area contributed by atoms with Crippen LogP contribution in [0.3, 0.4) is 0 Å². The van der Waals surface area contributed by atoms with Gasteiger partial charge in [0.2, 0.25) is 0 Å². The van der Waals surface area contributed by atoms with E-state index in [1.165, 1.54) is 0 Å². The van der Waals surface area contributed by atoms with E-state index in [9.17, 15) is 9.90 Å². The fourth-order valence-electron chi connectivity index (χ4n) is 2.56. The van der Waals surface area contributed by atoms with Gasteiger partial charge in [-0.3, -0.25) is 4.79 Å². The molecule has 2 aromatic rings. The van der Waals surface area contributed by atoms with E-state index in [1.807, 2.05) is 0 Å². The van der Waals surface area contributed by atoms with Gasteiger partial charge < -0.3 is 24.3 Å². The molecule has 0 spiro atoms. The van der Waals surface area contributed by atoms with Crippen LogP contribution in [0.4, 0.5) is 0 Å². The molecular formula is C12H13ClN4O4. The molecule has 2 N–H and O–H groups in total. The Hall–Kier alpha value is -2.06. The van der Waals surface area contributed by atoms with Crippen LogP contribution in [0.1, 0.15) is 33.5 Å². The molecule has 4 heterocycles. The topological polar surface area (TPSA) is 105 Å². The summed E-state index contributed by atoms with van der Waals surface area (Å²) in [6.45, 7) is 1.99. The van der Waals surface area contributed by atoms with Crippen molar-refractivity contribution in [1.82, 2.24) is 20.4 Å². The summed E-state index contributed by atoms with van der Waals surface area (Å²) in [6.07, 6.45) is 0.512. The van der Waals surface area contributed by atoms with Gasteiger partial charge in [-0.15, -0.1) is 12.4 Å². The summed E-state index contributed by atoms with van der Waals surface area (Å²) in [5.41, 5.74) is 1.47. The molecule has 112 valence electrons. The van der Waals surface area contributed by atoms with Crippen molar-refractivity contribution in [2.24, 2.45) is 0 Å². The van der Waals surface area contributed by atoms with Crippen molar-refractivity contribution in [3.63, 3.8) is 0 Å². The Morgan fingerprint density at radius 3 is 3.00 bits per heavy atom. The molecule has 0 unspecified atom stereocenters. The van der Waals surface area contributed by atoms with Crippen LogP contribution in [-0.2, 0) is 26.1 Å². The Balaban J connectivity index is 0.00000132. The van der Waals surface area contributed by atoms with Gasteiger partial charge >= 0.3 is 5.91 Å². The van der Waals surface area contributed by atoms with Crippen molar-refractivity contribution in [3.05, 3.63) is 28.7 Å². The van der Waals surface area contributed by atoms with Gasteiger partial charge in [-0.05, 0) is 11.6 Å². The number of amides is 1. The van der Waals surface area contributed by atoms with E-state index in [4.69, 9.17) is 8.94 Å². The van der Waals surface area contributed by atoms with Crippen molar-refractivity contribution in [2.75, 3.05) is 6.54 Å². The predicted molar refractivity (Wildman–Crippen MR) is 70.9 cm³/mol. The third kappa shape index (κ3) is 2.16. The SMILES string of the molecule is Cl.O=C(c1nc2c(o1)CNC2)N1CCc2c(O)noc2C1. The van der Waals surface area contributed by atoms with E-state index in [0.717, 1.165) is 11.5 Å². The minimum atomic E-state index is -0.263. The Bertz CT molecular complexity index is 674. The Labute approximate surface area is 125 Å². The largest absolute Gasteiger partial charge is 0.491 e. The van der Waals surface area contributed by atoms with Crippen molar-refractivity contribution in [1.29, 1.82) is 0 Å². The number of carbonyl (C=O) groups is 1. The predicted octanol–water partition coefficient (Wildman–Crippen LogP) is 0.592. The molecule has 2 aromatic heterocycles. The van der Waals surface area contributed by atoms with E-state index in [2.05, 4.69) is 15.5 Å². The van der Waals surface area contributed by atoms with Gasteiger partial charge in [0, 0.05) is 13.1 Å². The van der Waals surface area contributed by atoms with Crippen LogP contribution in [-0.4, -0.2) is 32.6 Å². The summed E-state index contributed by atoms with van der Waals surface area (Å²) in [6, 6.07) is 0. The molecule has 8 nitrogen and oxygen atoms in total. The summed E-state index contributed by atoms with van der Waals surface area (Å²) in [4.78, 5) is 18.1. The van der Waals surface area contributed by atoms with E-state index in [-0.39, 0.29) is 36.6 Å². The Morgan fingerprint density at radius 1 is 1.33 bits per heavy atom. The number of aromatic hydroxyl groups is 1. The lowest BCUT2D eigenvalue weighted by Gasteiger charge is -2.23. The molecule has 21 heavy (non-hydrogen) atoms. The normalized spacial score (nSPS) is 16.3. The molecule has 0 fully saturated rings. The number of hydrogen-bond acceptors (Lipinski definition) is 7. The first-order valence-electron chi connectivity index (χ1n) is 6.37. The van der Waals surface area contributed by atoms with Crippen LogP contribution in [0.5, 0.6) is 5.88 Å². The Morgan fingerprint density at radius 2 is 2.19 bits per heavy atom. The highest BCUT2D eigenvalue weighted by atomic mass is 35.5. The van der Waals surface area contributed by atoms with E-state index in [0.29, 0.717) is 37.4 Å². The van der Waals surface area contributed by atoms with Crippen molar-refractivity contribution in [2.45, 2.75) is 26.1 Å². The van der Waals surface area contributed by atoms with Crippen LogP contribution in [0, 0.1) is 0 Å². The van der Waals surface area contributed by atoms with Crippen LogP contribution in [0.2, 0.25) is 0 Å². The third-order valence-corrected chi connectivity index (χ3v) is 3.64. The van der Waals surface area contributed by atoms with E-state index < -0.39 is 0 Å². The standard InChI is InChI=1S/C12H12N4O4.ClH/c17-10-6-1-2-16(5-9(6)20-15-10)12(18)11-14-7-3-13-4-8(7)19-11;/h13H,1-5H2,(H,15,17);1H. The zero-order valence-corrected chi connectivity index (χ0v) is 11.8. The fourth-order valence-corrected chi connectivity index (χ4v) is 2.56. The average Bonchev–Trinajstić information content (AvgIpc) is 3.12. The molecule has 0 aromatic carbocycles. The third-order valence-electron chi connectivity index (χ3n) is 3.64. The second kappa shape index (κ2) is 5.05. The highest BCUT2D eigenvalue weighted by Crippen LogP contribution is 2.27. The number of carbonyl (C=O) groups excluding carboxylic acids is 1. The smallest absolute Gasteiger partial charge is 0.310 e. The zero-order chi connectivity index (χ0) is 13.7. The molecule has 0 aliphatic carbocycles. The van der Waals surface area contributed by atoms with Crippen molar-refractivity contribution in [3.8, 4) is 5.88 Å². The molecule has 0 radical (unpaired) electrons. The van der Waals surface area contributed by atoms with Gasteiger partial charge in [-0.1, -0.05) is 0 Å². The first-order valence-corrected chi connectivity index (χ1v) is 6.37. The van der Waals surface area contributed by atoms with Gasteiger partial charge in [-0.2, -0.15) is 0 Å². The minimum Gasteiger partial charge on any atom is -0.491 e. The lowest BCUT2D eigenvalue weighted by molar-refractivity contribution is 0.0673. The van der Waals surface area contributed by atoms with Crippen LogP contribution in [0.15, 0.2) is 8.94 Å². The molecule has 2 aliphatic rings. The highest BCUT2D eigenvalue weighted by Gasteiger charge is 2.31. The van der Waals surface area contributed by atoms with Gasteiger partial charge in [0.15, 0.2) is 5.76 Å². The van der Waals surface area contributed by atoms with Crippen LogP contribution >= 0.6 is 12.4 Å². The molecule has 0 bridgehead atoms. The zero-order valence-electron chi connectivity index (χ0n) is 11.0. The minimum absolute atomic E-state index is 0. The first-order chi connectivity index (χ1) is 9.72. The van der Waals surface area contributed by atoms with E-state index in [1.54, 1.807) is 4.90 Å². The second-order valence-corrected chi connectivity index (χ2v) is 4.88. The number of aromatic nitrogens is 2. The maximum atomic E-state index is 12.3. The second-order valence-electron chi connectivity index (χ2n) is 4.88. The number of halogens is 1. The summed E-state index contributed by atoms with van der Waals surface area (Å²) >= 11 is 0. The number of nitrogens with zero attached hydrogens (tertiary/aromatic N) is 3. The average molecular weight is 313 g/mol. The number of nitrogens with one attached hydrogen (secondary N) is 1. The maximum absolute atomic E-state index is 12.3. The van der Waals surface area contributed by atoms with E-state index >= 15 is 0 Å². The molecule has 0 saturated carbocycles. The number of rotatable bonds is 1. The summed E-state index contributed by atoms with van der Waals surface area (Å²) in [5.74, 6) is 1.00. The van der Waals surface area contributed by atoms with Crippen LogP contribution < -0.4 is 5.32 Å². The number of fused-ring (bicyclic) bond motifs is 2. The number of oxazole rings is 1. The summed E-state index contributed by atoms with van der Waals surface area (Å²) < 4.78 is 10.5. The molecule has 1 amide bonds. The van der Waals surface area contributed by atoms with Crippen molar-refractivity contribution < 1.29 is 18.8 Å². The van der Waals surface area contributed by atoms with Gasteiger partial charge in [0.25, 0.3) is 11.8 Å². The molecule has 0 atom stereocenters. The summed E-state index contributed by atoms with van der Waals surface area (Å²) in [7, 11) is 0. The molecule has 9 heteroatoms. The maximum Gasteiger partial charge on any atom is 0.310 e. The monoisotopic (exact) mass is 312 g/mol. The first kappa shape index (κ1) is 13.9. The highest BCUT2D eigenvalue weighted by molar-refractivity contribution is 5.90. The van der Waals surface area contributed by atoms with Gasteiger partial charge in [0.05, 0.1) is 24.3 Å². The van der Waals surface area contributed by atoms with Gasteiger partial charge in [-0.25, -0.2) is 4.98 Å². The number of hydrogen-bond donors (Lipinski definition) is 2.